The van der Waals surface area contributed by atoms with Crippen LogP contribution >= 0.6 is 0 Å². The summed E-state index contributed by atoms with van der Waals surface area (Å²) in [5.74, 6) is 1.39. The number of rotatable bonds is 2. The van der Waals surface area contributed by atoms with Crippen LogP contribution in [0.2, 0.25) is 0 Å². The highest BCUT2D eigenvalue weighted by molar-refractivity contribution is 5.58. The molecule has 0 aliphatic carbocycles. The predicted molar refractivity (Wildman–Crippen MR) is 79.0 cm³/mol. The second-order valence-electron chi connectivity index (χ2n) is 5.19. The van der Waals surface area contributed by atoms with Crippen molar-refractivity contribution in [2.24, 2.45) is 0 Å². The van der Waals surface area contributed by atoms with E-state index < -0.39 is 0 Å². The molecule has 19 heavy (non-hydrogen) atoms. The van der Waals surface area contributed by atoms with Crippen molar-refractivity contribution in [2.75, 3.05) is 12.4 Å². The first-order valence-corrected chi connectivity index (χ1v) is 6.77. The first-order chi connectivity index (χ1) is 9.28. The van der Waals surface area contributed by atoms with Gasteiger partial charge in [0.05, 0.1) is 7.11 Å². The van der Waals surface area contributed by atoms with Crippen LogP contribution < -0.4 is 10.1 Å². The molecule has 98 valence electrons. The number of fused-ring (bicyclic) bond motifs is 1. The van der Waals surface area contributed by atoms with E-state index in [-0.39, 0.29) is 0 Å². The Balaban J connectivity index is 1.99. The molecule has 1 aliphatic heterocycles. The van der Waals surface area contributed by atoms with Gasteiger partial charge in [-0.3, -0.25) is 0 Å². The fraction of sp³-hybridized carbons (Fsp3) is 0.294. The lowest BCUT2D eigenvalue weighted by atomic mass is 9.82. The zero-order valence-corrected chi connectivity index (χ0v) is 11.4. The lowest BCUT2D eigenvalue weighted by Gasteiger charge is -2.31. The highest BCUT2D eigenvalue weighted by Crippen LogP contribution is 2.38. The van der Waals surface area contributed by atoms with Gasteiger partial charge in [0.25, 0.3) is 0 Å². The molecule has 0 amide bonds. The number of hydrogen-bond acceptors (Lipinski definition) is 2. The van der Waals surface area contributed by atoms with Gasteiger partial charge in [0.1, 0.15) is 5.75 Å². The minimum atomic E-state index is 0.471. The van der Waals surface area contributed by atoms with E-state index in [1.54, 1.807) is 7.11 Å². The lowest BCUT2D eigenvalue weighted by Crippen LogP contribution is -2.25. The first kappa shape index (κ1) is 12.1. The number of ether oxygens (including phenoxy) is 1. The molecule has 0 aromatic heterocycles. The summed E-state index contributed by atoms with van der Waals surface area (Å²) in [6.07, 6.45) is 1.13. The summed E-state index contributed by atoms with van der Waals surface area (Å²) in [6, 6.07) is 17.6. The van der Waals surface area contributed by atoms with Gasteiger partial charge in [0, 0.05) is 17.6 Å². The average Bonchev–Trinajstić information content (AvgIpc) is 2.46. The van der Waals surface area contributed by atoms with Crippen LogP contribution in [-0.4, -0.2) is 13.2 Å². The maximum Gasteiger partial charge on any atom is 0.118 e. The van der Waals surface area contributed by atoms with Crippen LogP contribution in [0.25, 0.3) is 0 Å². The molecule has 0 saturated carbocycles. The van der Waals surface area contributed by atoms with E-state index in [1.807, 2.05) is 12.1 Å². The largest absolute Gasteiger partial charge is 0.497 e. The number of anilines is 1. The maximum absolute atomic E-state index is 5.23. The summed E-state index contributed by atoms with van der Waals surface area (Å²) in [5, 5.41) is 3.56. The minimum Gasteiger partial charge on any atom is -0.497 e. The molecular weight excluding hydrogens is 234 g/mol. The number of methoxy groups -OCH3 is 1. The van der Waals surface area contributed by atoms with Crippen LogP contribution in [0.3, 0.4) is 0 Å². The normalized spacial score (nSPS) is 21.4. The molecule has 0 spiro atoms. The Bertz CT molecular complexity index is 562. The Morgan fingerprint density at radius 1 is 1.05 bits per heavy atom. The van der Waals surface area contributed by atoms with Crippen molar-refractivity contribution < 1.29 is 4.74 Å². The Hall–Kier alpha value is -1.96. The second kappa shape index (κ2) is 4.96. The third-order valence-corrected chi connectivity index (χ3v) is 3.85. The Labute approximate surface area is 114 Å². The van der Waals surface area contributed by atoms with Gasteiger partial charge >= 0.3 is 0 Å². The summed E-state index contributed by atoms with van der Waals surface area (Å²) in [7, 11) is 1.71. The maximum atomic E-state index is 5.23. The summed E-state index contributed by atoms with van der Waals surface area (Å²) in [5.41, 5.74) is 4.02. The summed E-state index contributed by atoms with van der Waals surface area (Å²) >= 11 is 0. The van der Waals surface area contributed by atoms with Crippen molar-refractivity contribution >= 4 is 5.69 Å². The molecule has 1 N–H and O–H groups in total. The Morgan fingerprint density at radius 2 is 1.79 bits per heavy atom. The molecular formula is C17H19NO. The molecule has 2 aromatic carbocycles. The predicted octanol–water partition coefficient (Wildman–Crippen LogP) is 4.03. The smallest absolute Gasteiger partial charge is 0.118 e. The first-order valence-electron chi connectivity index (χ1n) is 6.77. The Morgan fingerprint density at radius 3 is 2.53 bits per heavy atom. The van der Waals surface area contributed by atoms with E-state index in [4.69, 9.17) is 4.74 Å². The molecule has 1 aliphatic rings. The van der Waals surface area contributed by atoms with Crippen molar-refractivity contribution in [1.29, 1.82) is 0 Å². The van der Waals surface area contributed by atoms with Crippen molar-refractivity contribution in [2.45, 2.75) is 25.3 Å². The molecule has 0 bridgehead atoms. The number of para-hydroxylation sites is 1. The Kier molecular flexibility index (Phi) is 3.16. The summed E-state index contributed by atoms with van der Waals surface area (Å²) in [6.45, 7) is 2.24. The van der Waals surface area contributed by atoms with Gasteiger partial charge in [0.2, 0.25) is 0 Å². The van der Waals surface area contributed by atoms with Gasteiger partial charge in [0.15, 0.2) is 0 Å². The van der Waals surface area contributed by atoms with Gasteiger partial charge in [-0.1, -0.05) is 30.3 Å². The molecule has 1 heterocycles. The van der Waals surface area contributed by atoms with Crippen molar-refractivity contribution in [3.05, 3.63) is 59.7 Å². The van der Waals surface area contributed by atoms with Gasteiger partial charge in [-0.15, -0.1) is 0 Å². The molecule has 0 radical (unpaired) electrons. The molecule has 2 nitrogen and oxygen atoms in total. The fourth-order valence-electron chi connectivity index (χ4n) is 2.89. The van der Waals surface area contributed by atoms with E-state index in [0.717, 1.165) is 12.2 Å². The second-order valence-corrected chi connectivity index (χ2v) is 5.19. The SMILES string of the molecule is COc1ccc(C2CC(C)Nc3ccccc32)cc1. The van der Waals surface area contributed by atoms with Crippen molar-refractivity contribution in [3.8, 4) is 5.75 Å². The molecule has 2 atom stereocenters. The number of nitrogens with one attached hydrogen (secondary N) is 1. The van der Waals surface area contributed by atoms with Crippen molar-refractivity contribution in [3.63, 3.8) is 0 Å². The van der Waals surface area contributed by atoms with E-state index in [0.29, 0.717) is 12.0 Å². The molecule has 0 saturated heterocycles. The number of hydrogen-bond donors (Lipinski definition) is 1. The molecule has 3 rings (SSSR count). The third-order valence-electron chi connectivity index (χ3n) is 3.85. The van der Waals surface area contributed by atoms with Gasteiger partial charge in [-0.25, -0.2) is 0 Å². The van der Waals surface area contributed by atoms with E-state index in [9.17, 15) is 0 Å². The molecule has 2 aromatic rings. The van der Waals surface area contributed by atoms with Crippen LogP contribution in [0.1, 0.15) is 30.4 Å². The fourth-order valence-corrected chi connectivity index (χ4v) is 2.89. The van der Waals surface area contributed by atoms with Crippen LogP contribution in [0.15, 0.2) is 48.5 Å². The van der Waals surface area contributed by atoms with E-state index in [2.05, 4.69) is 48.6 Å². The molecule has 2 unspecified atom stereocenters. The lowest BCUT2D eigenvalue weighted by molar-refractivity contribution is 0.414. The van der Waals surface area contributed by atoms with Gasteiger partial charge < -0.3 is 10.1 Å². The minimum absolute atomic E-state index is 0.471. The monoisotopic (exact) mass is 253 g/mol. The third kappa shape index (κ3) is 2.30. The van der Waals surface area contributed by atoms with E-state index >= 15 is 0 Å². The summed E-state index contributed by atoms with van der Waals surface area (Å²) < 4.78 is 5.23. The van der Waals surface area contributed by atoms with Crippen molar-refractivity contribution in [1.82, 2.24) is 0 Å². The highest BCUT2D eigenvalue weighted by Gasteiger charge is 2.24. The van der Waals surface area contributed by atoms with Crippen LogP contribution in [-0.2, 0) is 0 Å². The zero-order chi connectivity index (χ0) is 13.2. The topological polar surface area (TPSA) is 21.3 Å². The van der Waals surface area contributed by atoms with E-state index in [1.165, 1.54) is 16.8 Å². The van der Waals surface area contributed by atoms with Gasteiger partial charge in [-0.05, 0) is 42.7 Å². The average molecular weight is 253 g/mol. The highest BCUT2D eigenvalue weighted by atomic mass is 16.5. The van der Waals surface area contributed by atoms with Crippen LogP contribution in [0.5, 0.6) is 5.75 Å². The quantitative estimate of drug-likeness (QED) is 0.872. The zero-order valence-electron chi connectivity index (χ0n) is 11.4. The molecule has 2 heteroatoms. The van der Waals surface area contributed by atoms with Crippen LogP contribution in [0.4, 0.5) is 5.69 Å². The number of benzene rings is 2. The summed E-state index contributed by atoms with van der Waals surface area (Å²) in [4.78, 5) is 0. The van der Waals surface area contributed by atoms with Gasteiger partial charge in [-0.2, -0.15) is 0 Å². The van der Waals surface area contributed by atoms with Crippen LogP contribution in [0, 0.1) is 0 Å². The molecule has 0 fully saturated rings. The standard InChI is InChI=1S/C17H19NO/c1-12-11-16(13-7-9-14(19-2)10-8-13)15-5-3-4-6-17(15)18-12/h3-10,12,16,18H,11H2,1-2H3.